The van der Waals surface area contributed by atoms with Crippen molar-refractivity contribution in [2.45, 2.75) is 38.8 Å². The average Bonchev–Trinajstić information content (AvgIpc) is 3.09. The monoisotopic (exact) mass is 583 g/mol. The van der Waals surface area contributed by atoms with Crippen LogP contribution in [-0.2, 0) is 16.3 Å². The average molecular weight is 584 g/mol. The summed E-state index contributed by atoms with van der Waals surface area (Å²) in [7, 11) is -1.22. The van der Waals surface area contributed by atoms with Crippen molar-refractivity contribution in [1.29, 1.82) is 0 Å². The summed E-state index contributed by atoms with van der Waals surface area (Å²) in [5.41, 5.74) is 5.40. The number of halogens is 3. The summed E-state index contributed by atoms with van der Waals surface area (Å²) in [6, 6.07) is 3.64. The van der Waals surface area contributed by atoms with E-state index in [9.17, 15) is 18.4 Å². The van der Waals surface area contributed by atoms with Crippen LogP contribution in [-0.4, -0.2) is 42.7 Å². The van der Waals surface area contributed by atoms with Crippen molar-refractivity contribution in [1.82, 2.24) is 14.9 Å². The first kappa shape index (κ1) is 27.6. The normalized spacial score (nSPS) is 11.5. The molecule has 9 nitrogen and oxygen atoms in total. The fourth-order valence-corrected chi connectivity index (χ4v) is 4.55. The molecular weight excluding hydrogens is 556 g/mol. The van der Waals surface area contributed by atoms with Crippen molar-refractivity contribution in [2.24, 2.45) is 5.73 Å². The van der Waals surface area contributed by atoms with Gasteiger partial charge in [-0.1, -0.05) is 19.6 Å². The van der Waals surface area contributed by atoms with Gasteiger partial charge in [-0.15, -0.1) is 0 Å². The van der Waals surface area contributed by atoms with Crippen LogP contribution in [0.4, 0.5) is 19.3 Å². The number of hydrogen-bond donors (Lipinski definition) is 3. The van der Waals surface area contributed by atoms with E-state index in [4.69, 9.17) is 15.2 Å². The molecule has 0 aliphatic heterocycles. The number of ether oxygens (including phenoxy) is 2. The molecule has 0 atom stereocenters. The molecule has 0 saturated heterocycles. The largest absolute Gasteiger partial charge is 0.450 e. The molecule has 0 spiro atoms. The van der Waals surface area contributed by atoms with Crippen LogP contribution < -0.4 is 21.1 Å². The second-order valence-electron chi connectivity index (χ2n) is 9.27. The molecule has 3 aromatic rings. The van der Waals surface area contributed by atoms with Gasteiger partial charge in [-0.05, 0) is 28.0 Å². The molecule has 0 saturated carbocycles. The van der Waals surface area contributed by atoms with E-state index in [-0.39, 0.29) is 31.1 Å². The molecule has 3 amide bonds. The summed E-state index contributed by atoms with van der Waals surface area (Å²) >= 11 is 3.47. The molecular formula is C23H28BrF2N5O4Si. The van der Waals surface area contributed by atoms with Gasteiger partial charge < -0.3 is 30.4 Å². The number of primary amides is 1. The van der Waals surface area contributed by atoms with Gasteiger partial charge in [0.15, 0.2) is 17.4 Å². The maximum atomic E-state index is 14.8. The first-order valence-corrected chi connectivity index (χ1v) is 15.7. The van der Waals surface area contributed by atoms with Crippen molar-refractivity contribution in [3.05, 3.63) is 46.7 Å². The minimum atomic E-state index is -1.22. The Balaban J connectivity index is 1.75. The zero-order valence-electron chi connectivity index (χ0n) is 20.2. The summed E-state index contributed by atoms with van der Waals surface area (Å²) in [6.07, 6.45) is 3.19. The van der Waals surface area contributed by atoms with Crippen molar-refractivity contribution in [3.63, 3.8) is 0 Å². The highest BCUT2D eigenvalue weighted by Gasteiger charge is 2.19. The number of anilines is 1. The van der Waals surface area contributed by atoms with Crippen LogP contribution in [0.25, 0.3) is 11.0 Å². The molecule has 0 fully saturated rings. The van der Waals surface area contributed by atoms with Crippen LogP contribution in [0.1, 0.15) is 6.42 Å². The predicted octanol–water partition coefficient (Wildman–Crippen LogP) is 5.18. The summed E-state index contributed by atoms with van der Waals surface area (Å²) in [6.45, 7) is 7.70. The Morgan fingerprint density at radius 2 is 1.92 bits per heavy atom. The molecule has 36 heavy (non-hydrogen) atoms. The van der Waals surface area contributed by atoms with E-state index >= 15 is 0 Å². The number of nitrogens with zero attached hydrogens (tertiary/aromatic N) is 2. The lowest BCUT2D eigenvalue weighted by Crippen LogP contribution is -2.31. The van der Waals surface area contributed by atoms with Crippen LogP contribution in [0, 0.1) is 11.6 Å². The van der Waals surface area contributed by atoms with E-state index in [0.717, 1.165) is 18.2 Å². The number of pyridine rings is 1. The third-order valence-corrected chi connectivity index (χ3v) is 7.33. The molecule has 194 valence electrons. The van der Waals surface area contributed by atoms with Crippen LogP contribution in [0.3, 0.4) is 0 Å². The van der Waals surface area contributed by atoms with E-state index in [0.29, 0.717) is 22.1 Å². The van der Waals surface area contributed by atoms with Crippen molar-refractivity contribution in [2.75, 3.05) is 18.5 Å². The van der Waals surface area contributed by atoms with E-state index < -0.39 is 37.4 Å². The Morgan fingerprint density at radius 3 is 2.56 bits per heavy atom. The SMILES string of the molecule is C[Si](C)(C)CCOCn1cc(Br)c2c(Oc3c(F)cc(NC(=O)NCCC(N)=O)cc3F)ccnc21. The van der Waals surface area contributed by atoms with Gasteiger partial charge >= 0.3 is 6.03 Å². The minimum absolute atomic E-state index is 0.0107. The Hall–Kier alpha value is -3.03. The van der Waals surface area contributed by atoms with Crippen LogP contribution in [0.15, 0.2) is 35.1 Å². The third kappa shape index (κ3) is 7.48. The quantitative estimate of drug-likeness (QED) is 0.212. The minimum Gasteiger partial charge on any atom is -0.450 e. The number of amides is 3. The van der Waals surface area contributed by atoms with Crippen molar-refractivity contribution in [3.8, 4) is 11.5 Å². The zero-order valence-corrected chi connectivity index (χ0v) is 22.7. The molecule has 0 bridgehead atoms. The standard InChI is InChI=1S/C23H28BrF2N5O4Si/c1-36(2,3)9-8-34-13-31-12-15(24)20-18(4-6-28-22(20)31)35-21-16(25)10-14(11-17(21)26)30-23(33)29-7-5-19(27)32/h4,6,10-12H,5,7-9,13H2,1-3H3,(H2,27,32)(H2,29,30,33). The number of aromatic nitrogens is 2. The summed E-state index contributed by atoms with van der Waals surface area (Å²) < 4.78 is 43.4. The van der Waals surface area contributed by atoms with Gasteiger partial charge in [0.1, 0.15) is 18.1 Å². The van der Waals surface area contributed by atoms with Gasteiger partial charge in [0.05, 0.1) is 5.39 Å². The van der Waals surface area contributed by atoms with Crippen molar-refractivity contribution >= 4 is 52.7 Å². The number of carbonyl (C=O) groups excluding carboxylic acids is 2. The molecule has 2 heterocycles. The molecule has 0 unspecified atom stereocenters. The van der Waals surface area contributed by atoms with E-state index in [1.807, 2.05) is 0 Å². The van der Waals surface area contributed by atoms with Crippen molar-refractivity contribution < 1.29 is 27.8 Å². The number of benzene rings is 1. The highest BCUT2D eigenvalue weighted by atomic mass is 79.9. The first-order valence-electron chi connectivity index (χ1n) is 11.2. The number of nitrogens with two attached hydrogens (primary N) is 1. The third-order valence-electron chi connectivity index (χ3n) is 5.02. The van der Waals surface area contributed by atoms with Gasteiger partial charge in [-0.2, -0.15) is 0 Å². The Morgan fingerprint density at radius 1 is 1.22 bits per heavy atom. The van der Waals surface area contributed by atoms with Gasteiger partial charge in [0.25, 0.3) is 0 Å². The van der Waals surface area contributed by atoms with Gasteiger partial charge in [0.2, 0.25) is 5.91 Å². The zero-order chi connectivity index (χ0) is 26.5. The lowest BCUT2D eigenvalue weighted by atomic mass is 10.2. The second-order valence-corrected chi connectivity index (χ2v) is 15.7. The van der Waals surface area contributed by atoms with Crippen LogP contribution in [0.2, 0.25) is 25.7 Å². The number of carbonyl (C=O) groups is 2. The van der Waals surface area contributed by atoms with E-state index in [2.05, 4.69) is 51.2 Å². The second kappa shape index (κ2) is 11.8. The predicted molar refractivity (Wildman–Crippen MR) is 139 cm³/mol. The van der Waals surface area contributed by atoms with Gasteiger partial charge in [-0.3, -0.25) is 4.79 Å². The number of hydrogen-bond acceptors (Lipinski definition) is 5. The number of urea groups is 1. The summed E-state index contributed by atoms with van der Waals surface area (Å²) in [4.78, 5) is 27.0. The molecule has 4 N–H and O–H groups in total. The van der Waals surface area contributed by atoms with Gasteiger partial charge in [0, 0.05) is 62.3 Å². The number of rotatable bonds is 11. The molecule has 13 heteroatoms. The molecule has 1 aromatic carbocycles. The Kier molecular flexibility index (Phi) is 9.03. The molecule has 2 aromatic heterocycles. The fraction of sp³-hybridized carbons (Fsp3) is 0.348. The summed E-state index contributed by atoms with van der Waals surface area (Å²) in [5, 5.41) is 5.18. The maximum absolute atomic E-state index is 14.8. The lowest BCUT2D eigenvalue weighted by molar-refractivity contribution is -0.117. The molecule has 0 aliphatic carbocycles. The molecule has 0 aliphatic rings. The maximum Gasteiger partial charge on any atom is 0.319 e. The highest BCUT2D eigenvalue weighted by molar-refractivity contribution is 9.10. The fourth-order valence-electron chi connectivity index (χ4n) is 3.18. The number of nitrogens with one attached hydrogen (secondary N) is 2. The lowest BCUT2D eigenvalue weighted by Gasteiger charge is -2.15. The van der Waals surface area contributed by atoms with E-state index in [1.54, 1.807) is 10.8 Å². The first-order chi connectivity index (χ1) is 16.9. The molecule has 3 rings (SSSR count). The van der Waals surface area contributed by atoms with Crippen LogP contribution >= 0.6 is 15.9 Å². The van der Waals surface area contributed by atoms with Crippen LogP contribution in [0.5, 0.6) is 11.5 Å². The van der Waals surface area contributed by atoms with E-state index in [1.165, 1.54) is 12.3 Å². The topological polar surface area (TPSA) is 120 Å². The molecule has 0 radical (unpaired) electrons. The number of fused-ring (bicyclic) bond motifs is 1. The smallest absolute Gasteiger partial charge is 0.319 e. The highest BCUT2D eigenvalue weighted by Crippen LogP contribution is 2.37. The Bertz CT molecular complexity index is 1240. The van der Waals surface area contributed by atoms with Gasteiger partial charge in [-0.25, -0.2) is 18.6 Å². The Labute approximate surface area is 216 Å². The summed E-state index contributed by atoms with van der Waals surface area (Å²) in [5.74, 6) is -3.06.